The normalized spacial score (nSPS) is 18.9. The predicted octanol–water partition coefficient (Wildman–Crippen LogP) is 1.52. The Kier molecular flexibility index (Phi) is 6.55. The fourth-order valence-corrected chi connectivity index (χ4v) is 2.33. The molecule has 1 aliphatic rings. The molecule has 0 bridgehead atoms. The SMILES string of the molecule is CCC1CN(CCOc2cccc(C#CCO)c2)CCO1. The van der Waals surface area contributed by atoms with Gasteiger partial charge in [0.05, 0.1) is 12.7 Å². The van der Waals surface area contributed by atoms with E-state index in [-0.39, 0.29) is 6.61 Å². The summed E-state index contributed by atoms with van der Waals surface area (Å²) in [7, 11) is 0. The summed E-state index contributed by atoms with van der Waals surface area (Å²) in [5.74, 6) is 6.34. The Bertz CT molecular complexity index is 492. The van der Waals surface area contributed by atoms with Crippen LogP contribution in [0.15, 0.2) is 24.3 Å². The van der Waals surface area contributed by atoms with Crippen LogP contribution in [0.1, 0.15) is 18.9 Å². The summed E-state index contributed by atoms with van der Waals surface area (Å²) < 4.78 is 11.4. The van der Waals surface area contributed by atoms with Gasteiger partial charge in [0.15, 0.2) is 0 Å². The highest BCUT2D eigenvalue weighted by molar-refractivity contribution is 5.39. The second kappa shape index (κ2) is 8.68. The molecule has 1 saturated heterocycles. The molecule has 1 aliphatic heterocycles. The van der Waals surface area contributed by atoms with Crippen molar-refractivity contribution in [2.45, 2.75) is 19.4 Å². The van der Waals surface area contributed by atoms with Crippen LogP contribution in [-0.2, 0) is 4.74 Å². The van der Waals surface area contributed by atoms with Gasteiger partial charge in [-0.2, -0.15) is 0 Å². The number of ether oxygens (including phenoxy) is 2. The van der Waals surface area contributed by atoms with Crippen molar-refractivity contribution in [3.05, 3.63) is 29.8 Å². The molecule has 1 aromatic carbocycles. The molecule has 2 rings (SSSR count). The lowest BCUT2D eigenvalue weighted by atomic mass is 10.2. The largest absolute Gasteiger partial charge is 0.492 e. The summed E-state index contributed by atoms with van der Waals surface area (Å²) in [5.41, 5.74) is 0.860. The van der Waals surface area contributed by atoms with Gasteiger partial charge in [-0.05, 0) is 24.6 Å². The Morgan fingerprint density at radius 3 is 3.19 bits per heavy atom. The van der Waals surface area contributed by atoms with E-state index in [4.69, 9.17) is 14.6 Å². The van der Waals surface area contributed by atoms with Gasteiger partial charge in [-0.1, -0.05) is 24.8 Å². The fourth-order valence-electron chi connectivity index (χ4n) is 2.33. The Labute approximate surface area is 126 Å². The first-order valence-corrected chi connectivity index (χ1v) is 7.48. The first-order chi connectivity index (χ1) is 10.3. The van der Waals surface area contributed by atoms with Crippen molar-refractivity contribution in [3.63, 3.8) is 0 Å². The minimum Gasteiger partial charge on any atom is -0.492 e. The summed E-state index contributed by atoms with van der Waals surface area (Å²) in [4.78, 5) is 2.38. The molecule has 1 N–H and O–H groups in total. The van der Waals surface area contributed by atoms with E-state index in [9.17, 15) is 0 Å². The quantitative estimate of drug-likeness (QED) is 0.835. The van der Waals surface area contributed by atoms with Gasteiger partial charge in [-0.25, -0.2) is 0 Å². The molecule has 1 atom stereocenters. The van der Waals surface area contributed by atoms with E-state index in [1.165, 1.54) is 0 Å². The number of rotatable bonds is 5. The van der Waals surface area contributed by atoms with Crippen molar-refractivity contribution in [2.24, 2.45) is 0 Å². The van der Waals surface area contributed by atoms with Crippen LogP contribution in [0, 0.1) is 11.8 Å². The minimum absolute atomic E-state index is 0.124. The Morgan fingerprint density at radius 1 is 1.48 bits per heavy atom. The minimum atomic E-state index is -0.124. The summed E-state index contributed by atoms with van der Waals surface area (Å²) >= 11 is 0. The maximum atomic E-state index is 8.70. The lowest BCUT2D eigenvalue weighted by molar-refractivity contribution is -0.0324. The molecule has 114 valence electrons. The Balaban J connectivity index is 1.78. The molecule has 0 spiro atoms. The van der Waals surface area contributed by atoms with Gasteiger partial charge in [0, 0.05) is 25.2 Å². The van der Waals surface area contributed by atoms with Crippen LogP contribution in [0.5, 0.6) is 5.75 Å². The van der Waals surface area contributed by atoms with Gasteiger partial charge >= 0.3 is 0 Å². The predicted molar refractivity (Wildman–Crippen MR) is 82.4 cm³/mol. The molecule has 0 aromatic heterocycles. The van der Waals surface area contributed by atoms with Crippen LogP contribution in [0.25, 0.3) is 0 Å². The first kappa shape index (κ1) is 15.8. The van der Waals surface area contributed by atoms with E-state index in [0.29, 0.717) is 12.7 Å². The zero-order valence-electron chi connectivity index (χ0n) is 12.5. The zero-order valence-corrected chi connectivity index (χ0v) is 12.5. The summed E-state index contributed by atoms with van der Waals surface area (Å²) in [6.07, 6.45) is 1.42. The molecule has 1 unspecified atom stereocenters. The smallest absolute Gasteiger partial charge is 0.120 e. The highest BCUT2D eigenvalue weighted by Gasteiger charge is 2.18. The maximum Gasteiger partial charge on any atom is 0.120 e. The van der Waals surface area contributed by atoms with Crippen molar-refractivity contribution in [1.82, 2.24) is 4.90 Å². The van der Waals surface area contributed by atoms with E-state index in [0.717, 1.165) is 44.0 Å². The Morgan fingerprint density at radius 2 is 2.38 bits per heavy atom. The standard InChI is InChI=1S/C17H23NO3/c1-2-16-14-18(8-11-20-16)9-12-21-17-7-3-5-15(13-17)6-4-10-19/h3,5,7,13,16,19H,2,8-12,14H2,1H3. The number of hydrogen-bond donors (Lipinski definition) is 1. The topological polar surface area (TPSA) is 41.9 Å². The van der Waals surface area contributed by atoms with Crippen LogP contribution in [0.4, 0.5) is 0 Å². The molecule has 4 heteroatoms. The van der Waals surface area contributed by atoms with Crippen molar-refractivity contribution in [1.29, 1.82) is 0 Å². The number of aliphatic hydroxyl groups is 1. The third-order valence-electron chi connectivity index (χ3n) is 3.50. The van der Waals surface area contributed by atoms with E-state index < -0.39 is 0 Å². The molecular weight excluding hydrogens is 266 g/mol. The molecular formula is C17H23NO3. The molecule has 0 saturated carbocycles. The van der Waals surface area contributed by atoms with Gasteiger partial charge in [0.25, 0.3) is 0 Å². The summed E-state index contributed by atoms with van der Waals surface area (Å²) in [6, 6.07) is 7.65. The van der Waals surface area contributed by atoms with E-state index in [1.807, 2.05) is 24.3 Å². The third kappa shape index (κ3) is 5.39. The fraction of sp³-hybridized carbons (Fsp3) is 0.529. The zero-order chi connectivity index (χ0) is 14.9. The number of nitrogens with zero attached hydrogens (tertiary/aromatic N) is 1. The van der Waals surface area contributed by atoms with Crippen LogP contribution in [0.2, 0.25) is 0 Å². The van der Waals surface area contributed by atoms with Crippen LogP contribution < -0.4 is 4.74 Å². The molecule has 1 aromatic rings. The number of aliphatic hydroxyl groups excluding tert-OH is 1. The highest BCUT2D eigenvalue weighted by atomic mass is 16.5. The van der Waals surface area contributed by atoms with Crippen LogP contribution >= 0.6 is 0 Å². The summed E-state index contributed by atoms with van der Waals surface area (Å²) in [6.45, 7) is 6.37. The first-order valence-electron chi connectivity index (χ1n) is 7.48. The molecule has 0 radical (unpaired) electrons. The molecule has 1 fully saturated rings. The van der Waals surface area contributed by atoms with Crippen molar-refractivity contribution >= 4 is 0 Å². The van der Waals surface area contributed by atoms with Gasteiger partial charge in [0.1, 0.15) is 19.0 Å². The monoisotopic (exact) mass is 289 g/mol. The average Bonchev–Trinajstić information content (AvgIpc) is 2.53. The van der Waals surface area contributed by atoms with E-state index >= 15 is 0 Å². The number of benzene rings is 1. The Hall–Kier alpha value is -1.54. The molecule has 21 heavy (non-hydrogen) atoms. The van der Waals surface area contributed by atoms with Crippen molar-refractivity contribution in [2.75, 3.05) is 39.5 Å². The van der Waals surface area contributed by atoms with Crippen LogP contribution in [0.3, 0.4) is 0 Å². The third-order valence-corrected chi connectivity index (χ3v) is 3.50. The number of morpholine rings is 1. The second-order valence-electron chi connectivity index (χ2n) is 5.04. The van der Waals surface area contributed by atoms with E-state index in [2.05, 4.69) is 23.7 Å². The lowest BCUT2D eigenvalue weighted by Gasteiger charge is -2.32. The van der Waals surface area contributed by atoms with E-state index in [1.54, 1.807) is 0 Å². The molecule has 0 aliphatic carbocycles. The van der Waals surface area contributed by atoms with Crippen molar-refractivity contribution in [3.8, 4) is 17.6 Å². The van der Waals surface area contributed by atoms with Gasteiger partial charge in [0.2, 0.25) is 0 Å². The van der Waals surface area contributed by atoms with Crippen molar-refractivity contribution < 1.29 is 14.6 Å². The van der Waals surface area contributed by atoms with Crippen LogP contribution in [-0.4, -0.2) is 55.6 Å². The number of hydrogen-bond acceptors (Lipinski definition) is 4. The average molecular weight is 289 g/mol. The lowest BCUT2D eigenvalue weighted by Crippen LogP contribution is -2.43. The second-order valence-corrected chi connectivity index (χ2v) is 5.04. The van der Waals surface area contributed by atoms with Gasteiger partial charge in [-0.15, -0.1) is 0 Å². The molecule has 1 heterocycles. The molecule has 4 nitrogen and oxygen atoms in total. The highest BCUT2D eigenvalue weighted by Crippen LogP contribution is 2.13. The maximum absolute atomic E-state index is 8.70. The van der Waals surface area contributed by atoms with Gasteiger partial charge in [-0.3, -0.25) is 4.90 Å². The summed E-state index contributed by atoms with van der Waals surface area (Å²) in [5, 5.41) is 8.70. The molecule has 0 amide bonds. The van der Waals surface area contributed by atoms with Gasteiger partial charge < -0.3 is 14.6 Å².